The van der Waals surface area contributed by atoms with Gasteiger partial charge in [-0.3, -0.25) is 14.4 Å². The van der Waals surface area contributed by atoms with Crippen LogP contribution in [0.1, 0.15) is 15.9 Å². The van der Waals surface area contributed by atoms with Crippen LogP contribution in [0.15, 0.2) is 18.2 Å². The molecule has 1 amide bonds. The van der Waals surface area contributed by atoms with Crippen molar-refractivity contribution < 1.29 is 29.0 Å². The van der Waals surface area contributed by atoms with E-state index in [4.69, 9.17) is 10.2 Å². The van der Waals surface area contributed by atoms with Crippen LogP contribution in [0, 0.1) is 12.7 Å². The average Bonchev–Trinajstić information content (AvgIpc) is 2.29. The van der Waals surface area contributed by atoms with E-state index >= 15 is 0 Å². The van der Waals surface area contributed by atoms with Gasteiger partial charge in [-0.1, -0.05) is 0 Å². The zero-order valence-corrected chi connectivity index (χ0v) is 10.1. The van der Waals surface area contributed by atoms with Crippen molar-refractivity contribution in [3.63, 3.8) is 0 Å². The second kappa shape index (κ2) is 5.94. The SMILES string of the molecule is Cc1cc(C(=O)N(CC(=O)O)CC(=O)O)ccc1F. The van der Waals surface area contributed by atoms with Gasteiger partial charge in [-0.05, 0) is 30.7 Å². The molecule has 19 heavy (non-hydrogen) atoms. The number of hydrogen-bond donors (Lipinski definition) is 2. The molecule has 0 radical (unpaired) electrons. The van der Waals surface area contributed by atoms with Crippen molar-refractivity contribution in [3.8, 4) is 0 Å². The highest BCUT2D eigenvalue weighted by molar-refractivity contribution is 5.97. The monoisotopic (exact) mass is 269 g/mol. The van der Waals surface area contributed by atoms with E-state index in [-0.39, 0.29) is 11.1 Å². The van der Waals surface area contributed by atoms with Gasteiger partial charge in [0.25, 0.3) is 5.91 Å². The van der Waals surface area contributed by atoms with E-state index in [1.807, 2.05) is 0 Å². The summed E-state index contributed by atoms with van der Waals surface area (Å²) < 4.78 is 13.1. The van der Waals surface area contributed by atoms with Crippen LogP contribution >= 0.6 is 0 Å². The minimum atomic E-state index is -1.33. The Morgan fingerprint density at radius 1 is 1.16 bits per heavy atom. The lowest BCUT2D eigenvalue weighted by atomic mass is 10.1. The number of hydrogen-bond acceptors (Lipinski definition) is 3. The molecule has 0 atom stereocenters. The molecule has 0 heterocycles. The highest BCUT2D eigenvalue weighted by Gasteiger charge is 2.21. The van der Waals surface area contributed by atoms with Gasteiger partial charge in [0.2, 0.25) is 0 Å². The Bertz CT molecular complexity index is 513. The largest absolute Gasteiger partial charge is 0.480 e. The third-order valence-electron chi connectivity index (χ3n) is 2.34. The van der Waals surface area contributed by atoms with E-state index in [2.05, 4.69) is 0 Å². The molecule has 0 aromatic heterocycles. The zero-order chi connectivity index (χ0) is 14.6. The molecule has 2 N–H and O–H groups in total. The number of aryl methyl sites for hydroxylation is 1. The van der Waals surface area contributed by atoms with Gasteiger partial charge in [0.1, 0.15) is 18.9 Å². The average molecular weight is 269 g/mol. The van der Waals surface area contributed by atoms with Crippen LogP contribution in [0.4, 0.5) is 4.39 Å². The molecule has 7 heteroatoms. The van der Waals surface area contributed by atoms with Crippen molar-refractivity contribution >= 4 is 17.8 Å². The number of carbonyl (C=O) groups excluding carboxylic acids is 1. The Balaban J connectivity index is 3.00. The summed E-state index contributed by atoms with van der Waals surface area (Å²) in [5.41, 5.74) is 0.262. The summed E-state index contributed by atoms with van der Waals surface area (Å²) in [6.45, 7) is -0.0199. The molecule has 0 saturated heterocycles. The fourth-order valence-corrected chi connectivity index (χ4v) is 1.49. The lowest BCUT2D eigenvalue weighted by Crippen LogP contribution is -2.39. The van der Waals surface area contributed by atoms with E-state index < -0.39 is 36.8 Å². The zero-order valence-electron chi connectivity index (χ0n) is 10.1. The van der Waals surface area contributed by atoms with E-state index in [0.717, 1.165) is 6.07 Å². The molecule has 0 bridgehead atoms. The molecule has 6 nitrogen and oxygen atoms in total. The maximum Gasteiger partial charge on any atom is 0.323 e. The summed E-state index contributed by atoms with van der Waals surface area (Å²) in [5, 5.41) is 17.3. The minimum absolute atomic E-state index is 0.0430. The van der Waals surface area contributed by atoms with Crippen LogP contribution in [-0.4, -0.2) is 46.0 Å². The lowest BCUT2D eigenvalue weighted by molar-refractivity contribution is -0.140. The molecular weight excluding hydrogens is 257 g/mol. The van der Waals surface area contributed by atoms with Gasteiger partial charge in [-0.25, -0.2) is 4.39 Å². The Labute approximate surface area is 108 Å². The predicted octanol–water partition coefficient (Wildman–Crippen LogP) is 0.746. The Morgan fingerprint density at radius 2 is 1.68 bits per heavy atom. The van der Waals surface area contributed by atoms with Crippen LogP contribution < -0.4 is 0 Å². The minimum Gasteiger partial charge on any atom is -0.480 e. The number of aliphatic carboxylic acids is 2. The van der Waals surface area contributed by atoms with Crippen molar-refractivity contribution in [1.29, 1.82) is 0 Å². The third kappa shape index (κ3) is 4.06. The van der Waals surface area contributed by atoms with Crippen molar-refractivity contribution in [3.05, 3.63) is 35.1 Å². The van der Waals surface area contributed by atoms with Crippen LogP contribution in [0.2, 0.25) is 0 Å². The van der Waals surface area contributed by atoms with Crippen molar-refractivity contribution in [2.24, 2.45) is 0 Å². The molecule has 0 aliphatic heterocycles. The summed E-state index contributed by atoms with van der Waals surface area (Å²) in [7, 11) is 0. The molecule has 0 aliphatic rings. The Kier molecular flexibility index (Phi) is 4.57. The van der Waals surface area contributed by atoms with Gasteiger partial charge < -0.3 is 15.1 Å². The van der Waals surface area contributed by atoms with Gasteiger partial charge in [0, 0.05) is 5.56 Å². The lowest BCUT2D eigenvalue weighted by Gasteiger charge is -2.18. The van der Waals surface area contributed by atoms with Crippen LogP contribution in [0.25, 0.3) is 0 Å². The maximum atomic E-state index is 13.1. The smallest absolute Gasteiger partial charge is 0.323 e. The quantitative estimate of drug-likeness (QED) is 0.822. The molecule has 102 valence electrons. The van der Waals surface area contributed by atoms with Gasteiger partial charge in [-0.2, -0.15) is 0 Å². The predicted molar refractivity (Wildman–Crippen MR) is 62.3 cm³/mol. The molecule has 0 saturated carbocycles. The molecule has 1 aromatic rings. The highest BCUT2D eigenvalue weighted by atomic mass is 19.1. The number of rotatable bonds is 5. The number of nitrogens with zero attached hydrogens (tertiary/aromatic N) is 1. The molecule has 0 aliphatic carbocycles. The standard InChI is InChI=1S/C12H12FNO5/c1-7-4-8(2-3-9(7)13)12(19)14(5-10(15)16)6-11(17)18/h2-4H,5-6H2,1H3,(H,15,16)(H,17,18). The summed E-state index contributed by atoms with van der Waals surface area (Å²) in [6, 6.07) is 3.50. The maximum absolute atomic E-state index is 13.1. The van der Waals surface area contributed by atoms with E-state index in [1.165, 1.54) is 19.1 Å². The number of carboxylic acid groups (broad SMARTS) is 2. The Hall–Kier alpha value is -2.44. The van der Waals surface area contributed by atoms with Gasteiger partial charge >= 0.3 is 11.9 Å². The number of amides is 1. The van der Waals surface area contributed by atoms with Crippen molar-refractivity contribution in [1.82, 2.24) is 4.90 Å². The molecule has 0 fully saturated rings. The number of carbonyl (C=O) groups is 3. The molecule has 0 spiro atoms. The van der Waals surface area contributed by atoms with Crippen LogP contribution in [-0.2, 0) is 9.59 Å². The fraction of sp³-hybridized carbons (Fsp3) is 0.250. The molecule has 1 aromatic carbocycles. The normalized spacial score (nSPS) is 10.0. The summed E-state index contributed by atoms with van der Waals surface area (Å²) in [4.78, 5) is 33.8. The first-order chi connectivity index (χ1) is 8.81. The third-order valence-corrected chi connectivity index (χ3v) is 2.34. The fourth-order valence-electron chi connectivity index (χ4n) is 1.49. The Morgan fingerprint density at radius 3 is 2.11 bits per heavy atom. The van der Waals surface area contributed by atoms with Crippen LogP contribution in [0.3, 0.4) is 0 Å². The van der Waals surface area contributed by atoms with Crippen LogP contribution in [0.5, 0.6) is 0 Å². The second-order valence-electron chi connectivity index (χ2n) is 3.91. The molecule has 1 rings (SSSR count). The first-order valence-corrected chi connectivity index (χ1v) is 5.30. The topological polar surface area (TPSA) is 94.9 Å². The number of carboxylic acids is 2. The summed E-state index contributed by atoms with van der Waals surface area (Å²) in [6.07, 6.45) is 0. The molecular formula is C12H12FNO5. The first-order valence-electron chi connectivity index (χ1n) is 5.30. The summed E-state index contributed by atoms with van der Waals surface area (Å²) >= 11 is 0. The highest BCUT2D eigenvalue weighted by Crippen LogP contribution is 2.11. The van der Waals surface area contributed by atoms with Gasteiger partial charge in [0.05, 0.1) is 0 Å². The van der Waals surface area contributed by atoms with Gasteiger partial charge in [0.15, 0.2) is 0 Å². The van der Waals surface area contributed by atoms with Crippen molar-refractivity contribution in [2.45, 2.75) is 6.92 Å². The van der Waals surface area contributed by atoms with E-state index in [9.17, 15) is 18.8 Å². The first kappa shape index (κ1) is 14.6. The van der Waals surface area contributed by atoms with E-state index in [1.54, 1.807) is 0 Å². The number of halogens is 1. The van der Waals surface area contributed by atoms with Crippen molar-refractivity contribution in [2.75, 3.05) is 13.1 Å². The number of benzene rings is 1. The summed E-state index contributed by atoms with van der Waals surface area (Å²) in [5.74, 6) is -3.92. The second-order valence-corrected chi connectivity index (χ2v) is 3.91. The molecule has 0 unspecified atom stereocenters. The van der Waals surface area contributed by atoms with Gasteiger partial charge in [-0.15, -0.1) is 0 Å². The van der Waals surface area contributed by atoms with E-state index in [0.29, 0.717) is 4.90 Å².